The molecule has 0 spiro atoms. The van der Waals surface area contributed by atoms with Crippen LogP contribution in [-0.2, 0) is 4.79 Å². The third-order valence-electron chi connectivity index (χ3n) is 4.33. The van der Waals surface area contributed by atoms with Crippen LogP contribution in [-0.4, -0.2) is 25.7 Å². The van der Waals surface area contributed by atoms with Crippen LogP contribution in [0.1, 0.15) is 11.1 Å². The molecule has 0 bridgehead atoms. The Hall–Kier alpha value is -3.47. The van der Waals surface area contributed by atoms with Gasteiger partial charge in [0.15, 0.2) is 0 Å². The van der Waals surface area contributed by atoms with Crippen molar-refractivity contribution in [3.63, 3.8) is 0 Å². The van der Waals surface area contributed by atoms with Crippen LogP contribution in [0, 0.1) is 13.8 Å². The van der Waals surface area contributed by atoms with E-state index in [4.69, 9.17) is 9.47 Å². The Morgan fingerprint density at radius 1 is 0.828 bits per heavy atom. The van der Waals surface area contributed by atoms with E-state index in [2.05, 4.69) is 10.6 Å². The van der Waals surface area contributed by atoms with Gasteiger partial charge in [0.05, 0.1) is 6.54 Å². The lowest BCUT2D eigenvalue weighted by Crippen LogP contribution is -2.22. The van der Waals surface area contributed by atoms with Gasteiger partial charge in [0.2, 0.25) is 5.91 Å². The molecule has 5 heteroatoms. The van der Waals surface area contributed by atoms with Crippen molar-refractivity contribution in [3.8, 4) is 11.5 Å². The molecule has 3 aromatic carbocycles. The number of para-hydroxylation sites is 1. The molecule has 1 amide bonds. The van der Waals surface area contributed by atoms with E-state index in [-0.39, 0.29) is 12.5 Å². The van der Waals surface area contributed by atoms with Gasteiger partial charge in [-0.25, -0.2) is 0 Å². The van der Waals surface area contributed by atoms with E-state index in [9.17, 15) is 4.79 Å². The van der Waals surface area contributed by atoms with Crippen LogP contribution < -0.4 is 20.1 Å². The number of carbonyl (C=O) groups is 1. The first-order valence-corrected chi connectivity index (χ1v) is 9.62. The molecule has 0 aliphatic heterocycles. The molecule has 150 valence electrons. The van der Waals surface area contributed by atoms with Crippen molar-refractivity contribution in [1.82, 2.24) is 0 Å². The maximum Gasteiger partial charge on any atom is 0.243 e. The van der Waals surface area contributed by atoms with Gasteiger partial charge in [-0.2, -0.15) is 0 Å². The van der Waals surface area contributed by atoms with E-state index in [1.807, 2.05) is 86.6 Å². The lowest BCUT2D eigenvalue weighted by atomic mass is 10.1. The van der Waals surface area contributed by atoms with E-state index in [1.54, 1.807) is 0 Å². The molecule has 0 aromatic heterocycles. The normalized spacial score (nSPS) is 10.3. The molecule has 3 aromatic rings. The Morgan fingerprint density at radius 2 is 1.48 bits per heavy atom. The minimum Gasteiger partial charge on any atom is -0.490 e. The Balaban J connectivity index is 1.39. The average Bonchev–Trinajstić information content (AvgIpc) is 2.73. The van der Waals surface area contributed by atoms with Crippen molar-refractivity contribution in [2.24, 2.45) is 0 Å². The molecular formula is C24H26N2O3. The van der Waals surface area contributed by atoms with Crippen LogP contribution in [0.4, 0.5) is 11.4 Å². The molecule has 2 N–H and O–H groups in total. The molecule has 0 saturated carbocycles. The number of amides is 1. The molecule has 3 rings (SSSR count). The predicted octanol–water partition coefficient (Wildman–Crippen LogP) is 4.81. The summed E-state index contributed by atoms with van der Waals surface area (Å²) in [4.78, 5) is 12.2. The van der Waals surface area contributed by atoms with Crippen molar-refractivity contribution in [3.05, 3.63) is 83.9 Å². The number of carbonyl (C=O) groups excluding carboxylic acids is 1. The molecule has 0 aliphatic carbocycles. The van der Waals surface area contributed by atoms with Crippen LogP contribution in [0.3, 0.4) is 0 Å². The van der Waals surface area contributed by atoms with Crippen LogP contribution in [0.25, 0.3) is 0 Å². The van der Waals surface area contributed by atoms with E-state index in [0.717, 1.165) is 28.4 Å². The number of aryl methyl sites for hydroxylation is 2. The Labute approximate surface area is 171 Å². The van der Waals surface area contributed by atoms with Crippen molar-refractivity contribution in [2.45, 2.75) is 13.8 Å². The van der Waals surface area contributed by atoms with Crippen molar-refractivity contribution >= 4 is 17.3 Å². The van der Waals surface area contributed by atoms with Gasteiger partial charge >= 0.3 is 0 Å². The number of anilines is 2. The topological polar surface area (TPSA) is 59.6 Å². The minimum atomic E-state index is -0.0876. The second kappa shape index (κ2) is 10.2. The highest BCUT2D eigenvalue weighted by Gasteiger charge is 2.05. The molecule has 0 fully saturated rings. The number of nitrogens with one attached hydrogen (secondary N) is 2. The number of rotatable bonds is 9. The summed E-state index contributed by atoms with van der Waals surface area (Å²) in [5.74, 6) is 1.50. The molecular weight excluding hydrogens is 364 g/mol. The number of hydrogen-bond donors (Lipinski definition) is 2. The van der Waals surface area contributed by atoms with Crippen molar-refractivity contribution < 1.29 is 14.3 Å². The van der Waals surface area contributed by atoms with Gasteiger partial charge in [-0.3, -0.25) is 4.79 Å². The van der Waals surface area contributed by atoms with Crippen LogP contribution in [0.15, 0.2) is 72.8 Å². The molecule has 5 nitrogen and oxygen atoms in total. The molecule has 0 saturated heterocycles. The summed E-state index contributed by atoms with van der Waals surface area (Å²) >= 11 is 0. The summed E-state index contributed by atoms with van der Waals surface area (Å²) in [6, 6.07) is 23.1. The molecule has 0 heterocycles. The molecule has 0 aliphatic rings. The van der Waals surface area contributed by atoms with Crippen molar-refractivity contribution in [1.29, 1.82) is 0 Å². The van der Waals surface area contributed by atoms with E-state index < -0.39 is 0 Å². The standard InChI is InChI=1S/C24H26N2O3/c1-18-8-13-23(19(2)16-18)26-24(27)17-25-20-9-11-22(12-10-20)29-15-14-28-21-6-4-3-5-7-21/h3-13,16,25H,14-15,17H2,1-2H3,(H,26,27). The maximum absolute atomic E-state index is 12.2. The number of ether oxygens (including phenoxy) is 2. The zero-order valence-corrected chi connectivity index (χ0v) is 16.8. The summed E-state index contributed by atoms with van der Waals surface area (Å²) in [5, 5.41) is 6.05. The average molecular weight is 390 g/mol. The highest BCUT2D eigenvalue weighted by atomic mass is 16.5. The SMILES string of the molecule is Cc1ccc(NC(=O)CNc2ccc(OCCOc3ccccc3)cc2)c(C)c1. The maximum atomic E-state index is 12.2. The molecule has 29 heavy (non-hydrogen) atoms. The molecule has 0 unspecified atom stereocenters. The first-order chi connectivity index (χ1) is 14.1. The Bertz CT molecular complexity index is 925. The summed E-state index contributed by atoms with van der Waals surface area (Å²) in [6.45, 7) is 5.14. The fraction of sp³-hybridized carbons (Fsp3) is 0.208. The number of hydrogen-bond acceptors (Lipinski definition) is 4. The summed E-state index contributed by atoms with van der Waals surface area (Å²) in [5.41, 5.74) is 3.92. The first kappa shape index (κ1) is 20.3. The van der Waals surface area contributed by atoms with Crippen LogP contribution in [0.5, 0.6) is 11.5 Å². The number of benzene rings is 3. The van der Waals surface area contributed by atoms with Crippen LogP contribution in [0.2, 0.25) is 0 Å². The highest BCUT2D eigenvalue weighted by molar-refractivity contribution is 5.94. The summed E-state index contributed by atoms with van der Waals surface area (Å²) < 4.78 is 11.3. The third kappa shape index (κ3) is 6.57. The second-order valence-electron chi connectivity index (χ2n) is 6.75. The third-order valence-corrected chi connectivity index (χ3v) is 4.33. The monoisotopic (exact) mass is 390 g/mol. The van der Waals surface area contributed by atoms with Crippen molar-refractivity contribution in [2.75, 3.05) is 30.4 Å². The zero-order valence-electron chi connectivity index (χ0n) is 16.8. The second-order valence-corrected chi connectivity index (χ2v) is 6.75. The van der Waals surface area contributed by atoms with Gasteiger partial charge in [0.1, 0.15) is 24.7 Å². The smallest absolute Gasteiger partial charge is 0.243 e. The quantitative estimate of drug-likeness (QED) is 0.515. The van der Waals surface area contributed by atoms with Crippen LogP contribution >= 0.6 is 0 Å². The summed E-state index contributed by atoms with van der Waals surface area (Å²) in [6.07, 6.45) is 0. The van der Waals surface area contributed by atoms with E-state index >= 15 is 0 Å². The minimum absolute atomic E-state index is 0.0876. The Kier molecular flexibility index (Phi) is 7.11. The predicted molar refractivity (Wildman–Crippen MR) is 117 cm³/mol. The van der Waals surface area contributed by atoms with Gasteiger partial charge < -0.3 is 20.1 Å². The van der Waals surface area contributed by atoms with Gasteiger partial charge in [0, 0.05) is 11.4 Å². The fourth-order valence-electron chi connectivity index (χ4n) is 2.84. The van der Waals surface area contributed by atoms with Gasteiger partial charge in [-0.15, -0.1) is 0 Å². The first-order valence-electron chi connectivity index (χ1n) is 9.62. The highest BCUT2D eigenvalue weighted by Crippen LogP contribution is 2.17. The van der Waals surface area contributed by atoms with Gasteiger partial charge in [-0.05, 0) is 61.9 Å². The molecule has 0 radical (unpaired) electrons. The Morgan fingerprint density at radius 3 is 2.14 bits per heavy atom. The van der Waals surface area contributed by atoms with E-state index in [0.29, 0.717) is 13.2 Å². The lowest BCUT2D eigenvalue weighted by molar-refractivity contribution is -0.114. The molecule has 0 atom stereocenters. The fourth-order valence-corrected chi connectivity index (χ4v) is 2.84. The summed E-state index contributed by atoms with van der Waals surface area (Å²) in [7, 11) is 0. The largest absolute Gasteiger partial charge is 0.490 e. The van der Waals surface area contributed by atoms with Gasteiger partial charge in [-0.1, -0.05) is 35.9 Å². The van der Waals surface area contributed by atoms with E-state index in [1.165, 1.54) is 5.56 Å². The van der Waals surface area contributed by atoms with Gasteiger partial charge in [0.25, 0.3) is 0 Å². The zero-order chi connectivity index (χ0) is 20.5. The lowest BCUT2D eigenvalue weighted by Gasteiger charge is -2.11.